The first kappa shape index (κ1) is 14.3. The molecule has 1 aliphatic heterocycles. The molecule has 0 bridgehead atoms. The van der Waals surface area contributed by atoms with E-state index >= 15 is 0 Å². The molecule has 0 spiro atoms. The lowest BCUT2D eigenvalue weighted by Crippen LogP contribution is -2.40. The number of H-pyrrole nitrogens is 1. The highest BCUT2D eigenvalue weighted by molar-refractivity contribution is 5.81. The maximum atomic E-state index is 4.29. The van der Waals surface area contributed by atoms with Crippen LogP contribution in [-0.2, 0) is 0 Å². The molecular weight excluding hydrogens is 264 g/mol. The minimum atomic E-state index is 0.717. The molecule has 0 amide bonds. The standard InChI is InChI=1S/C15H24N6/c1-2-12-6-3-4-8-21(12)9-5-7-16-14-13-15(18-10-17-13)20-11-19-14/h10-12H,2-9H2,1H3,(H2,16,17,18,19,20)/t12-/m0/s1. The van der Waals surface area contributed by atoms with Crippen LogP contribution in [0.5, 0.6) is 0 Å². The maximum Gasteiger partial charge on any atom is 0.182 e. The van der Waals surface area contributed by atoms with Gasteiger partial charge in [-0.05, 0) is 32.2 Å². The predicted molar refractivity (Wildman–Crippen MR) is 84.3 cm³/mol. The maximum absolute atomic E-state index is 4.29. The fourth-order valence-corrected chi connectivity index (χ4v) is 3.20. The smallest absolute Gasteiger partial charge is 0.182 e. The number of fused-ring (bicyclic) bond motifs is 1. The van der Waals surface area contributed by atoms with Gasteiger partial charge in [-0.1, -0.05) is 13.3 Å². The van der Waals surface area contributed by atoms with Crippen LogP contribution in [0.25, 0.3) is 11.2 Å². The third-order valence-corrected chi connectivity index (χ3v) is 4.36. The fourth-order valence-electron chi connectivity index (χ4n) is 3.20. The molecule has 6 nitrogen and oxygen atoms in total. The summed E-state index contributed by atoms with van der Waals surface area (Å²) >= 11 is 0. The van der Waals surface area contributed by atoms with Crippen molar-refractivity contribution in [1.29, 1.82) is 0 Å². The second-order valence-electron chi connectivity index (χ2n) is 5.70. The second kappa shape index (κ2) is 6.85. The van der Waals surface area contributed by atoms with Gasteiger partial charge in [0.25, 0.3) is 0 Å². The summed E-state index contributed by atoms with van der Waals surface area (Å²) in [6, 6.07) is 0.789. The minimum Gasteiger partial charge on any atom is -0.368 e. The topological polar surface area (TPSA) is 69.7 Å². The Labute approximate surface area is 125 Å². The zero-order chi connectivity index (χ0) is 14.5. The van der Waals surface area contributed by atoms with Crippen molar-refractivity contribution in [3.05, 3.63) is 12.7 Å². The number of anilines is 1. The van der Waals surface area contributed by atoms with Crippen molar-refractivity contribution >= 4 is 17.0 Å². The van der Waals surface area contributed by atoms with E-state index in [2.05, 4.69) is 37.1 Å². The van der Waals surface area contributed by atoms with Crippen LogP contribution < -0.4 is 5.32 Å². The van der Waals surface area contributed by atoms with Gasteiger partial charge in [0.05, 0.1) is 6.33 Å². The van der Waals surface area contributed by atoms with Crippen LogP contribution in [0.1, 0.15) is 39.0 Å². The number of hydrogen-bond donors (Lipinski definition) is 2. The predicted octanol–water partition coefficient (Wildman–Crippen LogP) is 2.42. The molecule has 3 rings (SSSR count). The molecule has 1 fully saturated rings. The number of nitrogens with one attached hydrogen (secondary N) is 2. The molecule has 1 saturated heterocycles. The van der Waals surface area contributed by atoms with Crippen LogP contribution in [0, 0.1) is 0 Å². The lowest BCUT2D eigenvalue weighted by Gasteiger charge is -2.35. The van der Waals surface area contributed by atoms with Gasteiger partial charge in [-0.3, -0.25) is 0 Å². The lowest BCUT2D eigenvalue weighted by molar-refractivity contribution is 0.144. The highest BCUT2D eigenvalue weighted by atomic mass is 15.2. The first-order valence-corrected chi connectivity index (χ1v) is 8.00. The van der Waals surface area contributed by atoms with Crippen LogP contribution in [0.2, 0.25) is 0 Å². The molecule has 1 aliphatic rings. The molecule has 2 N–H and O–H groups in total. The summed E-state index contributed by atoms with van der Waals surface area (Å²) in [5.41, 5.74) is 1.61. The number of piperidine rings is 1. The zero-order valence-corrected chi connectivity index (χ0v) is 12.7. The summed E-state index contributed by atoms with van der Waals surface area (Å²) in [7, 11) is 0. The molecule has 0 aromatic carbocycles. The molecule has 3 heterocycles. The Hall–Kier alpha value is -1.69. The minimum absolute atomic E-state index is 0.717. The number of hydrogen-bond acceptors (Lipinski definition) is 5. The van der Waals surface area contributed by atoms with E-state index in [1.807, 2.05) is 0 Å². The number of nitrogens with zero attached hydrogens (tertiary/aromatic N) is 4. The highest BCUT2D eigenvalue weighted by Crippen LogP contribution is 2.19. The molecule has 0 radical (unpaired) electrons. The SMILES string of the molecule is CC[C@H]1CCCCN1CCCNc1ncnc2nc[nH]c12. The summed E-state index contributed by atoms with van der Waals surface area (Å²) < 4.78 is 0. The monoisotopic (exact) mass is 288 g/mol. The Morgan fingerprint density at radius 3 is 3.19 bits per heavy atom. The molecule has 114 valence electrons. The van der Waals surface area contributed by atoms with Crippen molar-refractivity contribution in [2.45, 2.75) is 45.1 Å². The van der Waals surface area contributed by atoms with Gasteiger partial charge in [-0.15, -0.1) is 0 Å². The summed E-state index contributed by atoms with van der Waals surface area (Å²) in [6.07, 6.45) is 9.73. The zero-order valence-electron chi connectivity index (χ0n) is 12.7. The van der Waals surface area contributed by atoms with Gasteiger partial charge < -0.3 is 15.2 Å². The van der Waals surface area contributed by atoms with Gasteiger partial charge in [0, 0.05) is 19.1 Å². The molecule has 0 aliphatic carbocycles. The van der Waals surface area contributed by atoms with Crippen molar-refractivity contribution in [3.8, 4) is 0 Å². The average Bonchev–Trinajstić information content (AvgIpc) is 3.01. The van der Waals surface area contributed by atoms with Gasteiger partial charge >= 0.3 is 0 Å². The quantitative estimate of drug-likeness (QED) is 0.799. The number of imidazole rings is 1. The van der Waals surface area contributed by atoms with Gasteiger partial charge in [0.15, 0.2) is 11.5 Å². The summed E-state index contributed by atoms with van der Waals surface area (Å²) in [4.78, 5) is 18.3. The van der Waals surface area contributed by atoms with Crippen molar-refractivity contribution in [2.75, 3.05) is 25.0 Å². The molecule has 2 aromatic heterocycles. The van der Waals surface area contributed by atoms with Crippen molar-refractivity contribution in [2.24, 2.45) is 0 Å². The van der Waals surface area contributed by atoms with Crippen LogP contribution in [-0.4, -0.2) is 50.5 Å². The van der Waals surface area contributed by atoms with Crippen LogP contribution >= 0.6 is 0 Å². The van der Waals surface area contributed by atoms with Crippen LogP contribution in [0.4, 0.5) is 5.82 Å². The van der Waals surface area contributed by atoms with E-state index in [-0.39, 0.29) is 0 Å². The Balaban J connectivity index is 1.49. The number of aromatic nitrogens is 4. The molecule has 6 heteroatoms. The number of likely N-dealkylation sites (tertiary alicyclic amines) is 1. The Kier molecular flexibility index (Phi) is 4.65. The van der Waals surface area contributed by atoms with E-state index in [0.717, 1.165) is 36.0 Å². The normalized spacial score (nSPS) is 20.0. The molecule has 21 heavy (non-hydrogen) atoms. The van der Waals surface area contributed by atoms with Gasteiger partial charge in [-0.25, -0.2) is 15.0 Å². The van der Waals surface area contributed by atoms with Gasteiger partial charge in [0.2, 0.25) is 0 Å². The fraction of sp³-hybridized carbons (Fsp3) is 0.667. The average molecular weight is 288 g/mol. The Morgan fingerprint density at radius 1 is 1.33 bits per heavy atom. The van der Waals surface area contributed by atoms with Crippen molar-refractivity contribution < 1.29 is 0 Å². The first-order chi connectivity index (χ1) is 10.4. The van der Waals surface area contributed by atoms with Gasteiger partial charge in [-0.2, -0.15) is 0 Å². The van der Waals surface area contributed by atoms with E-state index in [1.165, 1.54) is 38.8 Å². The summed E-state index contributed by atoms with van der Waals surface area (Å²) in [5, 5.41) is 3.40. The molecule has 0 unspecified atom stereocenters. The van der Waals surface area contributed by atoms with Crippen molar-refractivity contribution in [3.63, 3.8) is 0 Å². The Morgan fingerprint density at radius 2 is 2.29 bits per heavy atom. The van der Waals surface area contributed by atoms with Crippen LogP contribution in [0.3, 0.4) is 0 Å². The molecule has 0 saturated carbocycles. The Bertz CT molecular complexity index is 566. The highest BCUT2D eigenvalue weighted by Gasteiger charge is 2.19. The number of rotatable bonds is 6. The van der Waals surface area contributed by atoms with Gasteiger partial charge in [0.1, 0.15) is 11.8 Å². The van der Waals surface area contributed by atoms with E-state index in [9.17, 15) is 0 Å². The van der Waals surface area contributed by atoms with E-state index in [4.69, 9.17) is 0 Å². The largest absolute Gasteiger partial charge is 0.368 e. The molecule has 2 aromatic rings. The summed E-state index contributed by atoms with van der Waals surface area (Å²) in [5.74, 6) is 0.850. The summed E-state index contributed by atoms with van der Waals surface area (Å²) in [6.45, 7) is 5.66. The third kappa shape index (κ3) is 3.32. The lowest BCUT2D eigenvalue weighted by atomic mass is 10.00. The van der Waals surface area contributed by atoms with Crippen LogP contribution in [0.15, 0.2) is 12.7 Å². The van der Waals surface area contributed by atoms with E-state index < -0.39 is 0 Å². The van der Waals surface area contributed by atoms with Crippen molar-refractivity contribution in [1.82, 2.24) is 24.8 Å². The third-order valence-electron chi connectivity index (χ3n) is 4.36. The molecule has 1 atom stereocenters. The second-order valence-corrected chi connectivity index (χ2v) is 5.70. The van der Waals surface area contributed by atoms with E-state index in [0.29, 0.717) is 0 Å². The molecular formula is C15H24N6. The van der Waals surface area contributed by atoms with E-state index in [1.54, 1.807) is 12.7 Å². The number of aromatic amines is 1. The first-order valence-electron chi connectivity index (χ1n) is 8.00.